The lowest BCUT2D eigenvalue weighted by Gasteiger charge is -2.16. The first-order chi connectivity index (χ1) is 7.17. The van der Waals surface area contributed by atoms with E-state index in [4.69, 9.17) is 10.8 Å². The summed E-state index contributed by atoms with van der Waals surface area (Å²) in [4.78, 5) is 20.1. The average molecular weight is 231 g/mol. The van der Waals surface area contributed by atoms with Gasteiger partial charge in [-0.1, -0.05) is 13.3 Å². The van der Waals surface area contributed by atoms with Crippen LogP contribution in [0.3, 0.4) is 0 Å². The lowest BCUT2D eigenvalue weighted by Crippen LogP contribution is -2.27. The van der Waals surface area contributed by atoms with E-state index in [9.17, 15) is 9.59 Å². The van der Waals surface area contributed by atoms with Crippen LogP contribution < -0.4 is 5.73 Å². The minimum absolute atomic E-state index is 0.000000000000000222. The minimum Gasteiger partial charge on any atom is -0.481 e. The maximum Gasteiger partial charge on any atom is 0.405 e. The topological polar surface area (TPSA) is 89.6 Å². The molecule has 1 aliphatic carbocycles. The van der Waals surface area contributed by atoms with Crippen LogP contribution in [0.25, 0.3) is 0 Å². The molecule has 0 radical (unpaired) electrons. The fourth-order valence-electron chi connectivity index (χ4n) is 1.30. The summed E-state index contributed by atoms with van der Waals surface area (Å²) in [5.74, 6) is -0.121. The van der Waals surface area contributed by atoms with Crippen LogP contribution in [-0.2, 0) is 9.53 Å². The molecule has 0 heterocycles. The van der Waals surface area contributed by atoms with Crippen molar-refractivity contribution in [1.29, 1.82) is 0 Å². The second-order valence-electron chi connectivity index (χ2n) is 4.88. The van der Waals surface area contributed by atoms with Gasteiger partial charge in [-0.2, -0.15) is 0 Å². The normalized spacial score (nSPS) is 22.8. The molecule has 0 spiro atoms. The van der Waals surface area contributed by atoms with Crippen molar-refractivity contribution < 1.29 is 19.4 Å². The van der Waals surface area contributed by atoms with Crippen molar-refractivity contribution in [3.05, 3.63) is 0 Å². The molecule has 5 nitrogen and oxygen atoms in total. The summed E-state index contributed by atoms with van der Waals surface area (Å²) in [5.41, 5.74) is 4.26. The first-order valence-corrected chi connectivity index (χ1v) is 5.38. The molecule has 1 rings (SSSR count). The summed E-state index contributed by atoms with van der Waals surface area (Å²) in [6, 6.07) is 0. The van der Waals surface area contributed by atoms with Crippen molar-refractivity contribution in [1.82, 2.24) is 0 Å². The van der Waals surface area contributed by atoms with Gasteiger partial charge in [0.1, 0.15) is 5.60 Å². The van der Waals surface area contributed by atoms with E-state index >= 15 is 0 Å². The largest absolute Gasteiger partial charge is 0.481 e. The second kappa shape index (κ2) is 5.72. The molecule has 5 heteroatoms. The van der Waals surface area contributed by atoms with E-state index in [-0.39, 0.29) is 5.92 Å². The summed E-state index contributed by atoms with van der Waals surface area (Å²) < 4.78 is 4.58. The van der Waals surface area contributed by atoms with Gasteiger partial charge >= 0.3 is 12.1 Å². The Hall–Kier alpha value is -1.26. The van der Waals surface area contributed by atoms with Gasteiger partial charge in [0.2, 0.25) is 0 Å². The number of ether oxygens (including phenoxy) is 1. The number of carbonyl (C=O) groups excluding carboxylic acids is 1. The van der Waals surface area contributed by atoms with Crippen LogP contribution in [0.1, 0.15) is 40.5 Å². The molecule has 0 aromatic heterocycles. The maximum atomic E-state index is 10.1. The van der Waals surface area contributed by atoms with Gasteiger partial charge in [-0.05, 0) is 33.1 Å². The van der Waals surface area contributed by atoms with Crippen LogP contribution in [0.4, 0.5) is 4.79 Å². The van der Waals surface area contributed by atoms with E-state index in [0.717, 1.165) is 12.8 Å². The lowest BCUT2D eigenvalue weighted by molar-refractivity contribution is -0.138. The molecule has 0 saturated heterocycles. The third-order valence-electron chi connectivity index (χ3n) is 2.17. The predicted molar refractivity (Wildman–Crippen MR) is 59.9 cm³/mol. The Kier molecular flexibility index (Phi) is 5.27. The Morgan fingerprint density at radius 2 is 1.94 bits per heavy atom. The third-order valence-corrected chi connectivity index (χ3v) is 2.17. The highest BCUT2D eigenvalue weighted by Gasteiger charge is 2.41. The highest BCUT2D eigenvalue weighted by Crippen LogP contribution is 2.40. The van der Waals surface area contributed by atoms with Crippen LogP contribution >= 0.6 is 0 Å². The van der Waals surface area contributed by atoms with Gasteiger partial charge in [-0.25, -0.2) is 4.79 Å². The SMILES string of the molecule is CC(C)(C)OC(N)=O.CCC1C[C@@H]1C(=O)O. The summed E-state index contributed by atoms with van der Waals surface area (Å²) in [6.45, 7) is 7.32. The molecule has 3 N–H and O–H groups in total. The molecule has 1 saturated carbocycles. The van der Waals surface area contributed by atoms with Crippen molar-refractivity contribution in [3.63, 3.8) is 0 Å². The van der Waals surface area contributed by atoms with Gasteiger partial charge < -0.3 is 15.6 Å². The van der Waals surface area contributed by atoms with E-state index < -0.39 is 17.7 Å². The predicted octanol–water partition coefficient (Wildman–Crippen LogP) is 2.00. The van der Waals surface area contributed by atoms with Crippen LogP contribution in [0.5, 0.6) is 0 Å². The Morgan fingerprint density at radius 1 is 1.44 bits per heavy atom. The van der Waals surface area contributed by atoms with Crippen LogP contribution in [0.15, 0.2) is 0 Å². The van der Waals surface area contributed by atoms with Crippen LogP contribution in [0, 0.1) is 11.8 Å². The molecule has 94 valence electrons. The zero-order valence-electron chi connectivity index (χ0n) is 10.3. The number of nitrogens with two attached hydrogens (primary N) is 1. The number of hydrogen-bond acceptors (Lipinski definition) is 3. The zero-order valence-corrected chi connectivity index (χ0v) is 10.3. The Labute approximate surface area is 96.0 Å². The smallest absolute Gasteiger partial charge is 0.405 e. The number of rotatable bonds is 2. The van der Waals surface area contributed by atoms with E-state index in [0.29, 0.717) is 5.92 Å². The third kappa shape index (κ3) is 7.09. The van der Waals surface area contributed by atoms with E-state index in [1.54, 1.807) is 20.8 Å². The number of primary amides is 1. The monoisotopic (exact) mass is 231 g/mol. The number of carboxylic acid groups (broad SMARTS) is 1. The molecule has 1 fully saturated rings. The summed E-state index contributed by atoms with van der Waals surface area (Å²) >= 11 is 0. The summed E-state index contributed by atoms with van der Waals surface area (Å²) in [6.07, 6.45) is 1.21. The van der Waals surface area contributed by atoms with Gasteiger partial charge in [0.05, 0.1) is 5.92 Å². The molecular weight excluding hydrogens is 210 g/mol. The molecule has 1 unspecified atom stereocenters. The molecule has 2 atom stereocenters. The van der Waals surface area contributed by atoms with E-state index in [1.807, 2.05) is 6.92 Å². The van der Waals surface area contributed by atoms with Crippen molar-refractivity contribution in [2.45, 2.75) is 46.1 Å². The number of aliphatic carboxylic acids is 1. The first kappa shape index (κ1) is 14.7. The molecule has 16 heavy (non-hydrogen) atoms. The number of carbonyl (C=O) groups is 2. The van der Waals surface area contributed by atoms with Crippen molar-refractivity contribution >= 4 is 12.1 Å². The Balaban J connectivity index is 0.000000281. The second-order valence-corrected chi connectivity index (χ2v) is 4.88. The molecule has 0 aromatic carbocycles. The van der Waals surface area contributed by atoms with Gasteiger partial charge in [-0.15, -0.1) is 0 Å². The molecule has 1 aliphatic rings. The van der Waals surface area contributed by atoms with Crippen molar-refractivity contribution in [2.24, 2.45) is 17.6 Å². The summed E-state index contributed by atoms with van der Waals surface area (Å²) in [5, 5.41) is 8.35. The lowest BCUT2D eigenvalue weighted by atomic mass is 10.2. The zero-order chi connectivity index (χ0) is 12.9. The maximum absolute atomic E-state index is 10.1. The van der Waals surface area contributed by atoms with Gasteiger partial charge in [0.25, 0.3) is 0 Å². The van der Waals surface area contributed by atoms with Crippen LogP contribution in [0.2, 0.25) is 0 Å². The van der Waals surface area contributed by atoms with Crippen molar-refractivity contribution in [3.8, 4) is 0 Å². The Morgan fingerprint density at radius 3 is 2.00 bits per heavy atom. The quantitative estimate of drug-likeness (QED) is 0.760. The number of amides is 1. The van der Waals surface area contributed by atoms with Crippen molar-refractivity contribution in [2.75, 3.05) is 0 Å². The molecule has 1 amide bonds. The first-order valence-electron chi connectivity index (χ1n) is 5.38. The summed E-state index contributed by atoms with van der Waals surface area (Å²) in [7, 11) is 0. The molecule has 0 aromatic rings. The van der Waals surface area contributed by atoms with Gasteiger partial charge in [-0.3, -0.25) is 4.79 Å². The fourth-order valence-corrected chi connectivity index (χ4v) is 1.30. The molecule has 0 bridgehead atoms. The van der Waals surface area contributed by atoms with E-state index in [1.165, 1.54) is 0 Å². The number of carboxylic acids is 1. The standard InChI is InChI=1S/C6H10O2.C5H11NO2/c1-2-4-3-5(4)6(7)8;1-5(2,3)8-4(6)7/h4-5H,2-3H2,1H3,(H,7,8);1-3H3,(H2,6,7)/t4?,5-;/m0./s1. The van der Waals surface area contributed by atoms with E-state index in [2.05, 4.69) is 4.74 Å². The molecular formula is C11H21NO4. The fraction of sp³-hybridized carbons (Fsp3) is 0.818. The minimum atomic E-state index is -0.725. The van der Waals surface area contributed by atoms with Gasteiger partial charge in [0.15, 0.2) is 0 Å². The highest BCUT2D eigenvalue weighted by atomic mass is 16.6. The molecule has 0 aliphatic heterocycles. The highest BCUT2D eigenvalue weighted by molar-refractivity contribution is 5.73. The van der Waals surface area contributed by atoms with Gasteiger partial charge in [0, 0.05) is 0 Å². The van der Waals surface area contributed by atoms with Crippen LogP contribution in [-0.4, -0.2) is 22.8 Å². The number of hydrogen-bond donors (Lipinski definition) is 2. The average Bonchev–Trinajstić information content (AvgIpc) is 2.77. The Bertz CT molecular complexity index is 257.